The molecular weight excluding hydrogens is 224 g/mol. The van der Waals surface area contributed by atoms with Crippen LogP contribution in [-0.4, -0.2) is 32.2 Å². The molecule has 0 aromatic heterocycles. The van der Waals surface area contributed by atoms with E-state index in [1.165, 1.54) is 0 Å². The van der Waals surface area contributed by atoms with Crippen LogP contribution in [0.25, 0.3) is 0 Å². The highest BCUT2D eigenvalue weighted by molar-refractivity contribution is 7.91. The molecule has 0 spiro atoms. The van der Waals surface area contributed by atoms with E-state index in [9.17, 15) is 18.0 Å². The van der Waals surface area contributed by atoms with E-state index in [1.807, 2.05) is 0 Å². The molecule has 0 aromatic carbocycles. The van der Waals surface area contributed by atoms with Crippen LogP contribution in [0.15, 0.2) is 25.3 Å². The molecule has 0 saturated carbocycles. The van der Waals surface area contributed by atoms with Gasteiger partial charge >= 0.3 is 11.9 Å². The standard InChI is InChI=1S/C8H10O6S/c1-3-7(9)13-5-15(11,12)6-14-8(10)4-2/h3-4H,1-2,5-6H2. The van der Waals surface area contributed by atoms with Gasteiger partial charge in [0.2, 0.25) is 9.84 Å². The van der Waals surface area contributed by atoms with Crippen molar-refractivity contribution in [3.05, 3.63) is 25.3 Å². The molecule has 84 valence electrons. The van der Waals surface area contributed by atoms with Gasteiger partial charge in [0.15, 0.2) is 11.9 Å². The van der Waals surface area contributed by atoms with Crippen LogP contribution in [0, 0.1) is 0 Å². The Morgan fingerprint density at radius 2 is 1.33 bits per heavy atom. The van der Waals surface area contributed by atoms with Gasteiger partial charge in [-0.05, 0) is 0 Å². The third kappa shape index (κ3) is 6.44. The molecule has 0 radical (unpaired) electrons. The predicted molar refractivity (Wildman–Crippen MR) is 51.2 cm³/mol. The van der Waals surface area contributed by atoms with Crippen LogP contribution < -0.4 is 0 Å². The van der Waals surface area contributed by atoms with Crippen LogP contribution in [0.4, 0.5) is 0 Å². The number of hydrogen-bond donors (Lipinski definition) is 0. The van der Waals surface area contributed by atoms with Crippen LogP contribution in [0.5, 0.6) is 0 Å². The number of rotatable bonds is 6. The quantitative estimate of drug-likeness (QED) is 0.466. The van der Waals surface area contributed by atoms with Crippen molar-refractivity contribution in [2.45, 2.75) is 0 Å². The first-order valence-electron chi connectivity index (χ1n) is 3.70. The topological polar surface area (TPSA) is 86.7 Å². The largest absolute Gasteiger partial charge is 0.446 e. The van der Waals surface area contributed by atoms with Crippen molar-refractivity contribution in [2.24, 2.45) is 0 Å². The second-order valence-corrected chi connectivity index (χ2v) is 4.27. The summed E-state index contributed by atoms with van der Waals surface area (Å²) in [5.41, 5.74) is 0. The SMILES string of the molecule is C=CC(=O)OCS(=O)(=O)COC(=O)C=C. The zero-order chi connectivity index (χ0) is 11.9. The molecule has 0 rings (SSSR count). The summed E-state index contributed by atoms with van der Waals surface area (Å²) in [5, 5.41) is 0. The maximum atomic E-state index is 11.0. The molecule has 0 aromatic rings. The van der Waals surface area contributed by atoms with Gasteiger partial charge in [0.1, 0.15) is 0 Å². The Hall–Kier alpha value is -1.63. The van der Waals surface area contributed by atoms with Gasteiger partial charge in [-0.15, -0.1) is 0 Å². The van der Waals surface area contributed by atoms with Gasteiger partial charge < -0.3 is 9.47 Å². The molecular formula is C8H10O6S. The van der Waals surface area contributed by atoms with E-state index < -0.39 is 33.7 Å². The van der Waals surface area contributed by atoms with Gasteiger partial charge in [0, 0.05) is 12.2 Å². The monoisotopic (exact) mass is 234 g/mol. The van der Waals surface area contributed by atoms with Gasteiger partial charge in [-0.2, -0.15) is 0 Å². The normalized spacial score (nSPS) is 10.1. The lowest BCUT2D eigenvalue weighted by Gasteiger charge is -2.04. The lowest BCUT2D eigenvalue weighted by atomic mass is 10.7. The molecule has 0 aliphatic rings. The Bertz CT molecular complexity index is 337. The first-order valence-corrected chi connectivity index (χ1v) is 5.52. The molecule has 15 heavy (non-hydrogen) atoms. The highest BCUT2D eigenvalue weighted by Gasteiger charge is 2.15. The van der Waals surface area contributed by atoms with Gasteiger partial charge in [0.05, 0.1) is 0 Å². The second kappa shape index (κ2) is 5.97. The second-order valence-electron chi connectivity index (χ2n) is 2.31. The summed E-state index contributed by atoms with van der Waals surface area (Å²) in [6.07, 6.45) is 1.65. The minimum atomic E-state index is -3.77. The zero-order valence-electron chi connectivity index (χ0n) is 7.84. The van der Waals surface area contributed by atoms with Crippen molar-refractivity contribution in [1.29, 1.82) is 0 Å². The minimum absolute atomic E-state index is 0.825. The third-order valence-corrected chi connectivity index (χ3v) is 2.05. The van der Waals surface area contributed by atoms with Gasteiger partial charge in [-0.1, -0.05) is 13.2 Å². The molecule has 6 nitrogen and oxygen atoms in total. The van der Waals surface area contributed by atoms with Gasteiger partial charge in [-0.25, -0.2) is 18.0 Å². The maximum absolute atomic E-state index is 11.0. The fourth-order valence-corrected chi connectivity index (χ4v) is 1.11. The predicted octanol–water partition coefficient (Wildman–Crippen LogP) is -0.225. The summed E-state index contributed by atoms with van der Waals surface area (Å²) < 4.78 is 30.6. The van der Waals surface area contributed by atoms with Crippen molar-refractivity contribution < 1.29 is 27.5 Å². The average Bonchev–Trinajstić information content (AvgIpc) is 2.22. The highest BCUT2D eigenvalue weighted by atomic mass is 32.2. The first kappa shape index (κ1) is 13.4. The van der Waals surface area contributed by atoms with Crippen LogP contribution in [0.2, 0.25) is 0 Å². The zero-order valence-corrected chi connectivity index (χ0v) is 8.66. The van der Waals surface area contributed by atoms with Crippen molar-refractivity contribution in [1.82, 2.24) is 0 Å². The number of esters is 2. The van der Waals surface area contributed by atoms with Crippen LogP contribution in [-0.2, 0) is 28.9 Å². The van der Waals surface area contributed by atoms with Crippen molar-refractivity contribution >= 4 is 21.8 Å². The molecule has 7 heteroatoms. The van der Waals surface area contributed by atoms with Crippen LogP contribution >= 0.6 is 0 Å². The number of sulfone groups is 1. The molecule has 0 atom stereocenters. The van der Waals surface area contributed by atoms with E-state index in [0.29, 0.717) is 0 Å². The van der Waals surface area contributed by atoms with E-state index in [-0.39, 0.29) is 0 Å². The van der Waals surface area contributed by atoms with Crippen molar-refractivity contribution in [2.75, 3.05) is 11.9 Å². The van der Waals surface area contributed by atoms with E-state index in [0.717, 1.165) is 12.2 Å². The molecule has 0 amide bonds. The van der Waals surface area contributed by atoms with Gasteiger partial charge in [-0.3, -0.25) is 0 Å². The van der Waals surface area contributed by atoms with E-state index in [4.69, 9.17) is 0 Å². The molecule has 0 bridgehead atoms. The summed E-state index contributed by atoms with van der Waals surface area (Å²) in [6.45, 7) is 6.16. The van der Waals surface area contributed by atoms with E-state index >= 15 is 0 Å². The molecule has 0 heterocycles. The molecule has 0 N–H and O–H groups in total. The maximum Gasteiger partial charge on any atom is 0.331 e. The van der Waals surface area contributed by atoms with Crippen LogP contribution in [0.3, 0.4) is 0 Å². The summed E-state index contributed by atoms with van der Waals surface area (Å²) >= 11 is 0. The fraction of sp³-hybridized carbons (Fsp3) is 0.250. The van der Waals surface area contributed by atoms with Crippen molar-refractivity contribution in [3.8, 4) is 0 Å². The Kier molecular flexibility index (Phi) is 5.32. The smallest absolute Gasteiger partial charge is 0.331 e. The Morgan fingerprint density at radius 3 is 1.60 bits per heavy atom. The van der Waals surface area contributed by atoms with Crippen LogP contribution in [0.1, 0.15) is 0 Å². The molecule has 0 saturated heterocycles. The minimum Gasteiger partial charge on any atom is -0.446 e. The number of carbonyl (C=O) groups excluding carboxylic acids is 2. The molecule has 0 aliphatic heterocycles. The molecule has 0 fully saturated rings. The Morgan fingerprint density at radius 1 is 1.00 bits per heavy atom. The summed E-state index contributed by atoms with van der Waals surface area (Å²) in [7, 11) is -3.77. The summed E-state index contributed by atoms with van der Waals surface area (Å²) in [5.74, 6) is -3.45. The van der Waals surface area contributed by atoms with E-state index in [2.05, 4.69) is 22.6 Å². The number of hydrogen-bond acceptors (Lipinski definition) is 6. The Balaban J connectivity index is 4.08. The highest BCUT2D eigenvalue weighted by Crippen LogP contribution is 1.94. The third-order valence-electron chi connectivity index (χ3n) is 1.09. The van der Waals surface area contributed by atoms with E-state index in [1.54, 1.807) is 0 Å². The number of ether oxygens (including phenoxy) is 2. The molecule has 0 aliphatic carbocycles. The number of carbonyl (C=O) groups is 2. The Labute approximate surface area is 87.1 Å². The lowest BCUT2D eigenvalue weighted by molar-refractivity contribution is -0.135. The summed E-state index contributed by atoms with van der Waals surface area (Å²) in [4.78, 5) is 21.0. The summed E-state index contributed by atoms with van der Waals surface area (Å²) in [6, 6.07) is 0. The first-order chi connectivity index (χ1) is 6.91. The average molecular weight is 234 g/mol. The fourth-order valence-electron chi connectivity index (χ4n) is 0.448. The van der Waals surface area contributed by atoms with Crippen molar-refractivity contribution in [3.63, 3.8) is 0 Å². The lowest BCUT2D eigenvalue weighted by Crippen LogP contribution is -2.19. The molecule has 0 unspecified atom stereocenters. The van der Waals surface area contributed by atoms with Gasteiger partial charge in [0.25, 0.3) is 0 Å².